The molecular weight excluding hydrogens is 506 g/mol. The molecule has 2 aromatic carbocycles. The lowest BCUT2D eigenvalue weighted by molar-refractivity contribution is 0.0955. The molecule has 3 rings (SSSR count). The summed E-state index contributed by atoms with van der Waals surface area (Å²) >= 11 is 9.40. The van der Waals surface area contributed by atoms with Gasteiger partial charge in [-0.05, 0) is 60.9 Å². The van der Waals surface area contributed by atoms with Gasteiger partial charge < -0.3 is 9.47 Å². The second kappa shape index (κ2) is 12.2. The Morgan fingerprint density at radius 3 is 2.73 bits per heavy atom. The first-order valence-corrected chi connectivity index (χ1v) is 11.4. The van der Waals surface area contributed by atoms with E-state index < -0.39 is 5.91 Å². The number of rotatable bonds is 10. The predicted molar refractivity (Wildman–Crippen MR) is 134 cm³/mol. The zero-order chi connectivity index (χ0) is 23.6. The number of hydrazone groups is 1. The van der Waals surface area contributed by atoms with E-state index in [0.717, 1.165) is 21.2 Å². The third-order valence-electron chi connectivity index (χ3n) is 4.50. The van der Waals surface area contributed by atoms with E-state index in [2.05, 4.69) is 38.0 Å². The minimum absolute atomic E-state index is 0.115. The summed E-state index contributed by atoms with van der Waals surface area (Å²) in [5.74, 6) is 0.801. The van der Waals surface area contributed by atoms with Crippen LogP contribution in [0.4, 0.5) is 0 Å². The van der Waals surface area contributed by atoms with Crippen molar-refractivity contribution in [1.29, 1.82) is 0 Å². The van der Waals surface area contributed by atoms with Gasteiger partial charge in [-0.2, -0.15) is 5.10 Å². The van der Waals surface area contributed by atoms with Crippen LogP contribution in [-0.2, 0) is 13.0 Å². The first-order valence-electron chi connectivity index (χ1n) is 10.2. The van der Waals surface area contributed by atoms with Gasteiger partial charge in [0.25, 0.3) is 5.91 Å². The number of benzene rings is 2. The fourth-order valence-electron chi connectivity index (χ4n) is 3.01. The summed E-state index contributed by atoms with van der Waals surface area (Å²) in [7, 11) is 0. The minimum Gasteiger partial charge on any atom is -0.490 e. The van der Waals surface area contributed by atoms with Gasteiger partial charge in [0.1, 0.15) is 11.8 Å². The number of halogens is 2. The molecule has 170 valence electrons. The second-order valence-corrected chi connectivity index (χ2v) is 8.16. The molecule has 1 amide bonds. The summed E-state index contributed by atoms with van der Waals surface area (Å²) in [4.78, 5) is 16.2. The van der Waals surface area contributed by atoms with Crippen molar-refractivity contribution in [1.82, 2.24) is 10.4 Å². The van der Waals surface area contributed by atoms with Gasteiger partial charge in [0.05, 0.1) is 18.4 Å². The van der Waals surface area contributed by atoms with Gasteiger partial charge in [0.15, 0.2) is 11.5 Å². The molecule has 0 radical (unpaired) electrons. The maximum absolute atomic E-state index is 12.3. The van der Waals surface area contributed by atoms with Crippen LogP contribution >= 0.6 is 27.5 Å². The highest BCUT2D eigenvalue weighted by Crippen LogP contribution is 2.34. The molecule has 1 aromatic heterocycles. The Balaban J connectivity index is 1.81. The Hall–Kier alpha value is -3.16. The average Bonchev–Trinajstić information content (AvgIpc) is 2.80. The molecule has 0 saturated carbocycles. The summed E-state index contributed by atoms with van der Waals surface area (Å²) in [6.07, 6.45) is 5.43. The number of hydrogen-bond donors (Lipinski definition) is 1. The second-order valence-electron chi connectivity index (χ2n) is 6.89. The van der Waals surface area contributed by atoms with E-state index in [9.17, 15) is 4.79 Å². The first kappa shape index (κ1) is 24.5. The number of aromatic nitrogens is 1. The van der Waals surface area contributed by atoms with Crippen molar-refractivity contribution in [3.63, 3.8) is 0 Å². The number of pyridine rings is 1. The summed E-state index contributed by atoms with van der Waals surface area (Å²) in [5, 5.41) is 4.17. The number of amides is 1. The lowest BCUT2D eigenvalue weighted by atomic mass is 10.1. The van der Waals surface area contributed by atoms with Crippen LogP contribution in [0.5, 0.6) is 11.5 Å². The fourth-order valence-corrected chi connectivity index (χ4v) is 3.48. The monoisotopic (exact) mass is 527 g/mol. The molecule has 33 heavy (non-hydrogen) atoms. The molecule has 0 aliphatic carbocycles. The van der Waals surface area contributed by atoms with Gasteiger partial charge >= 0.3 is 0 Å². The molecule has 0 fully saturated rings. The van der Waals surface area contributed by atoms with Crippen molar-refractivity contribution >= 4 is 39.7 Å². The standard InChI is InChI=1S/C25H23BrClN3O3/c1-3-6-19-13-18(15-29-30-25(31)21-7-5-12-28-24(21)27)14-22(32-4-2)23(19)33-16-17-8-10-20(26)11-9-17/h3,5,7-15H,1,4,6,16H2,2H3,(H,30,31). The predicted octanol–water partition coefficient (Wildman–Crippen LogP) is 5.97. The SMILES string of the molecule is C=CCc1cc(C=NNC(=O)c2cccnc2Cl)cc(OCC)c1OCc1ccc(Br)cc1. The highest BCUT2D eigenvalue weighted by Gasteiger charge is 2.14. The van der Waals surface area contributed by atoms with E-state index >= 15 is 0 Å². The van der Waals surface area contributed by atoms with Gasteiger partial charge in [-0.25, -0.2) is 10.4 Å². The topological polar surface area (TPSA) is 72.8 Å². The van der Waals surface area contributed by atoms with Crippen LogP contribution in [0.25, 0.3) is 0 Å². The molecule has 8 heteroatoms. The third-order valence-corrected chi connectivity index (χ3v) is 5.33. The van der Waals surface area contributed by atoms with E-state index in [1.807, 2.05) is 43.3 Å². The molecule has 0 spiro atoms. The fraction of sp³-hybridized carbons (Fsp3) is 0.160. The van der Waals surface area contributed by atoms with E-state index in [-0.39, 0.29) is 10.7 Å². The molecule has 1 heterocycles. The molecule has 3 aromatic rings. The number of ether oxygens (including phenoxy) is 2. The lowest BCUT2D eigenvalue weighted by Gasteiger charge is -2.17. The number of hydrogen-bond acceptors (Lipinski definition) is 5. The molecular formula is C25H23BrClN3O3. The highest BCUT2D eigenvalue weighted by molar-refractivity contribution is 9.10. The molecule has 0 atom stereocenters. The molecule has 0 aliphatic heterocycles. The van der Waals surface area contributed by atoms with E-state index in [1.54, 1.807) is 18.2 Å². The molecule has 0 bridgehead atoms. The number of carbonyl (C=O) groups is 1. The Labute approximate surface area is 206 Å². The Morgan fingerprint density at radius 1 is 1.24 bits per heavy atom. The van der Waals surface area contributed by atoms with Crippen LogP contribution in [0, 0.1) is 0 Å². The maximum Gasteiger partial charge on any atom is 0.274 e. The quantitative estimate of drug-likeness (QED) is 0.152. The summed E-state index contributed by atoms with van der Waals surface area (Å²) < 4.78 is 13.0. The molecule has 0 saturated heterocycles. The van der Waals surface area contributed by atoms with Crippen molar-refractivity contribution in [3.05, 3.63) is 99.3 Å². The average molecular weight is 529 g/mol. The smallest absolute Gasteiger partial charge is 0.274 e. The number of carbonyl (C=O) groups excluding carboxylic acids is 1. The van der Waals surface area contributed by atoms with Crippen LogP contribution in [0.15, 0.2) is 77.0 Å². The van der Waals surface area contributed by atoms with Gasteiger partial charge in [-0.1, -0.05) is 45.7 Å². The van der Waals surface area contributed by atoms with Gasteiger partial charge in [0, 0.05) is 16.2 Å². The molecule has 0 unspecified atom stereocenters. The molecule has 0 aliphatic rings. The third kappa shape index (κ3) is 6.91. The Morgan fingerprint density at radius 2 is 2.03 bits per heavy atom. The maximum atomic E-state index is 12.3. The van der Waals surface area contributed by atoms with Crippen LogP contribution in [0.2, 0.25) is 5.15 Å². The Kier molecular flexibility index (Phi) is 9.04. The van der Waals surface area contributed by atoms with Gasteiger partial charge in [0.2, 0.25) is 0 Å². The summed E-state index contributed by atoms with van der Waals surface area (Å²) in [5.41, 5.74) is 5.39. The Bertz CT molecular complexity index is 1150. The van der Waals surface area contributed by atoms with Crippen molar-refractivity contribution in [3.8, 4) is 11.5 Å². The molecule has 1 N–H and O–H groups in total. The van der Waals surface area contributed by atoms with Crippen molar-refractivity contribution in [2.24, 2.45) is 5.10 Å². The number of nitrogens with one attached hydrogen (secondary N) is 1. The van der Waals surface area contributed by atoms with E-state index in [4.69, 9.17) is 21.1 Å². The van der Waals surface area contributed by atoms with Crippen LogP contribution in [0.3, 0.4) is 0 Å². The van der Waals surface area contributed by atoms with Crippen molar-refractivity contribution < 1.29 is 14.3 Å². The normalized spacial score (nSPS) is 10.8. The van der Waals surface area contributed by atoms with Crippen LogP contribution in [0.1, 0.15) is 34.0 Å². The summed E-state index contributed by atoms with van der Waals surface area (Å²) in [6.45, 7) is 6.62. The van der Waals surface area contributed by atoms with Gasteiger partial charge in [-0.3, -0.25) is 4.79 Å². The summed E-state index contributed by atoms with van der Waals surface area (Å²) in [6, 6.07) is 14.9. The highest BCUT2D eigenvalue weighted by atomic mass is 79.9. The van der Waals surface area contributed by atoms with Crippen LogP contribution in [-0.4, -0.2) is 23.7 Å². The molecule has 6 nitrogen and oxygen atoms in total. The lowest BCUT2D eigenvalue weighted by Crippen LogP contribution is -2.18. The number of nitrogens with zero attached hydrogens (tertiary/aromatic N) is 2. The number of allylic oxidation sites excluding steroid dienone is 1. The van der Waals surface area contributed by atoms with Gasteiger partial charge in [-0.15, -0.1) is 6.58 Å². The largest absolute Gasteiger partial charge is 0.490 e. The minimum atomic E-state index is -0.449. The van der Waals surface area contributed by atoms with Crippen molar-refractivity contribution in [2.75, 3.05) is 6.61 Å². The van der Waals surface area contributed by atoms with Crippen LogP contribution < -0.4 is 14.9 Å². The zero-order valence-electron chi connectivity index (χ0n) is 18.1. The van der Waals surface area contributed by atoms with E-state index in [0.29, 0.717) is 31.1 Å². The van der Waals surface area contributed by atoms with E-state index in [1.165, 1.54) is 12.4 Å². The first-order chi connectivity index (χ1) is 16.0. The zero-order valence-corrected chi connectivity index (χ0v) is 20.4. The van der Waals surface area contributed by atoms with Crippen molar-refractivity contribution in [2.45, 2.75) is 20.0 Å².